The lowest BCUT2D eigenvalue weighted by Gasteiger charge is -2.24. The van der Waals surface area contributed by atoms with E-state index in [1.165, 1.54) is 7.11 Å². The lowest BCUT2D eigenvalue weighted by molar-refractivity contribution is -0.146. The molecule has 37 heavy (non-hydrogen) atoms. The lowest BCUT2D eigenvalue weighted by Crippen LogP contribution is -2.36. The SMILES string of the molecule is COC(=O)C1CN(C(=O)OC(C)(C)C)C[C@H]1Cc1cccc(OCCc2noc(-c3ccccc3)n2)c1. The number of ether oxygens (including phenoxy) is 3. The van der Waals surface area contributed by atoms with Gasteiger partial charge in [-0.1, -0.05) is 35.5 Å². The fourth-order valence-electron chi connectivity index (χ4n) is 4.35. The fourth-order valence-corrected chi connectivity index (χ4v) is 4.35. The van der Waals surface area contributed by atoms with Crippen molar-refractivity contribution in [3.63, 3.8) is 0 Å². The van der Waals surface area contributed by atoms with Gasteiger partial charge in [-0.05, 0) is 62.9 Å². The van der Waals surface area contributed by atoms with Crippen LogP contribution in [0.5, 0.6) is 5.75 Å². The second kappa shape index (κ2) is 11.5. The van der Waals surface area contributed by atoms with Crippen LogP contribution in [0, 0.1) is 11.8 Å². The average Bonchev–Trinajstić information content (AvgIpc) is 3.51. The fraction of sp³-hybridized carbons (Fsp3) is 0.429. The molecule has 0 saturated carbocycles. The highest BCUT2D eigenvalue weighted by molar-refractivity contribution is 5.76. The number of carbonyl (C=O) groups excluding carboxylic acids is 2. The third kappa shape index (κ3) is 7.09. The number of methoxy groups -OCH3 is 1. The molecule has 4 rings (SSSR count). The average molecular weight is 508 g/mol. The first-order valence-electron chi connectivity index (χ1n) is 12.4. The Hall–Kier alpha value is -3.88. The Kier molecular flexibility index (Phi) is 8.11. The van der Waals surface area contributed by atoms with E-state index in [1.807, 2.05) is 75.4 Å². The number of esters is 1. The Balaban J connectivity index is 1.35. The molecule has 1 saturated heterocycles. The molecule has 1 aliphatic heterocycles. The zero-order valence-electron chi connectivity index (χ0n) is 21.7. The molecule has 1 aliphatic rings. The highest BCUT2D eigenvalue weighted by Crippen LogP contribution is 2.30. The molecule has 0 aliphatic carbocycles. The summed E-state index contributed by atoms with van der Waals surface area (Å²) in [4.78, 5) is 31.1. The first-order chi connectivity index (χ1) is 17.7. The van der Waals surface area contributed by atoms with Gasteiger partial charge in [-0.3, -0.25) is 4.79 Å². The van der Waals surface area contributed by atoms with E-state index in [1.54, 1.807) is 4.90 Å². The summed E-state index contributed by atoms with van der Waals surface area (Å²) in [5.74, 6) is 0.934. The molecule has 9 heteroatoms. The Labute approximate surface area is 216 Å². The van der Waals surface area contributed by atoms with Gasteiger partial charge in [-0.2, -0.15) is 4.98 Å². The van der Waals surface area contributed by atoms with E-state index < -0.39 is 17.6 Å². The van der Waals surface area contributed by atoms with Gasteiger partial charge in [0, 0.05) is 25.1 Å². The number of benzene rings is 2. The molecule has 9 nitrogen and oxygen atoms in total. The predicted octanol–water partition coefficient (Wildman–Crippen LogP) is 4.56. The van der Waals surface area contributed by atoms with Crippen molar-refractivity contribution in [1.82, 2.24) is 15.0 Å². The van der Waals surface area contributed by atoms with E-state index in [9.17, 15) is 9.59 Å². The van der Waals surface area contributed by atoms with Crippen LogP contribution in [0.1, 0.15) is 32.2 Å². The van der Waals surface area contributed by atoms with Crippen molar-refractivity contribution in [3.05, 3.63) is 66.0 Å². The summed E-state index contributed by atoms with van der Waals surface area (Å²) in [6.07, 6.45) is 0.679. The molecule has 3 aromatic rings. The minimum absolute atomic E-state index is 0.0917. The molecule has 2 atom stereocenters. The maximum atomic E-state index is 12.6. The van der Waals surface area contributed by atoms with Gasteiger partial charge in [0.25, 0.3) is 5.89 Å². The van der Waals surface area contributed by atoms with Crippen LogP contribution in [0.25, 0.3) is 11.5 Å². The molecule has 0 bridgehead atoms. The van der Waals surface area contributed by atoms with Crippen molar-refractivity contribution in [3.8, 4) is 17.2 Å². The summed E-state index contributed by atoms with van der Waals surface area (Å²) in [6.45, 7) is 6.55. The van der Waals surface area contributed by atoms with Crippen molar-refractivity contribution in [2.24, 2.45) is 11.8 Å². The number of carbonyl (C=O) groups is 2. The van der Waals surface area contributed by atoms with Gasteiger partial charge in [0.2, 0.25) is 0 Å². The standard InChI is InChI=1S/C28H33N3O6/c1-28(2,3)36-27(33)31-17-21(23(18-31)26(32)34-4)15-19-9-8-12-22(16-19)35-14-13-24-29-25(37-30-24)20-10-6-5-7-11-20/h5-12,16,21,23H,13-15,17-18H2,1-4H3/t21-,23?/m1/s1. The maximum absolute atomic E-state index is 12.6. The first kappa shape index (κ1) is 26.2. The summed E-state index contributed by atoms with van der Waals surface area (Å²) < 4.78 is 21.8. The molecule has 1 fully saturated rings. The molecule has 2 aromatic carbocycles. The molecule has 1 amide bonds. The Bertz CT molecular complexity index is 1200. The molecule has 196 valence electrons. The van der Waals surface area contributed by atoms with Crippen LogP contribution in [-0.2, 0) is 27.1 Å². The molecule has 1 aromatic heterocycles. The zero-order valence-corrected chi connectivity index (χ0v) is 21.7. The number of nitrogens with zero attached hydrogens (tertiary/aromatic N) is 3. The second-order valence-electron chi connectivity index (χ2n) is 10.1. The van der Waals surface area contributed by atoms with Crippen LogP contribution in [0.15, 0.2) is 59.1 Å². The number of hydrogen-bond donors (Lipinski definition) is 0. The zero-order chi connectivity index (χ0) is 26.4. The van der Waals surface area contributed by atoms with Crippen molar-refractivity contribution in [2.75, 3.05) is 26.8 Å². The quantitative estimate of drug-likeness (QED) is 0.409. The first-order valence-corrected chi connectivity index (χ1v) is 12.4. The normalized spacial score (nSPS) is 17.5. The number of rotatable bonds is 8. The van der Waals surface area contributed by atoms with Crippen molar-refractivity contribution < 1.29 is 28.3 Å². The van der Waals surface area contributed by atoms with Crippen molar-refractivity contribution in [2.45, 2.75) is 39.2 Å². The van der Waals surface area contributed by atoms with Gasteiger partial charge >= 0.3 is 12.1 Å². The third-order valence-electron chi connectivity index (χ3n) is 6.08. The molecule has 2 heterocycles. The molecule has 1 unspecified atom stereocenters. The summed E-state index contributed by atoms with van der Waals surface area (Å²) in [6, 6.07) is 17.4. The number of hydrogen-bond acceptors (Lipinski definition) is 8. The minimum Gasteiger partial charge on any atom is -0.493 e. The Morgan fingerprint density at radius 3 is 2.59 bits per heavy atom. The van der Waals surface area contributed by atoms with Crippen LogP contribution in [0.4, 0.5) is 4.79 Å². The topological polar surface area (TPSA) is 104 Å². The monoisotopic (exact) mass is 507 g/mol. The molecule has 0 radical (unpaired) electrons. The smallest absolute Gasteiger partial charge is 0.410 e. The highest BCUT2D eigenvalue weighted by Gasteiger charge is 2.41. The third-order valence-corrected chi connectivity index (χ3v) is 6.08. The van der Waals surface area contributed by atoms with Gasteiger partial charge in [0.1, 0.15) is 11.4 Å². The lowest BCUT2D eigenvalue weighted by atomic mass is 9.89. The van der Waals surface area contributed by atoms with Crippen molar-refractivity contribution >= 4 is 12.1 Å². The van der Waals surface area contributed by atoms with Crippen LogP contribution in [-0.4, -0.2) is 59.5 Å². The largest absolute Gasteiger partial charge is 0.493 e. The molecule has 0 N–H and O–H groups in total. The minimum atomic E-state index is -0.605. The van der Waals surface area contributed by atoms with E-state index in [4.69, 9.17) is 18.7 Å². The van der Waals surface area contributed by atoms with E-state index in [2.05, 4.69) is 10.1 Å². The number of aromatic nitrogens is 2. The van der Waals surface area contributed by atoms with Gasteiger partial charge in [0.05, 0.1) is 19.6 Å². The second-order valence-corrected chi connectivity index (χ2v) is 10.1. The maximum Gasteiger partial charge on any atom is 0.410 e. The van der Waals surface area contributed by atoms with Crippen LogP contribution >= 0.6 is 0 Å². The summed E-state index contributed by atoms with van der Waals surface area (Å²) >= 11 is 0. The Morgan fingerprint density at radius 1 is 1.08 bits per heavy atom. The Morgan fingerprint density at radius 2 is 1.86 bits per heavy atom. The van der Waals surface area contributed by atoms with Crippen LogP contribution in [0.3, 0.4) is 0 Å². The van der Waals surface area contributed by atoms with Gasteiger partial charge in [0.15, 0.2) is 5.82 Å². The van der Waals surface area contributed by atoms with E-state index >= 15 is 0 Å². The molecular formula is C28H33N3O6. The van der Waals surface area contributed by atoms with Gasteiger partial charge in [-0.15, -0.1) is 0 Å². The van der Waals surface area contributed by atoms with E-state index in [0.29, 0.717) is 43.5 Å². The van der Waals surface area contributed by atoms with Gasteiger partial charge in [-0.25, -0.2) is 4.79 Å². The summed E-state index contributed by atoms with van der Waals surface area (Å²) in [7, 11) is 1.37. The summed E-state index contributed by atoms with van der Waals surface area (Å²) in [5.41, 5.74) is 1.28. The summed E-state index contributed by atoms with van der Waals surface area (Å²) in [5, 5.41) is 4.03. The van der Waals surface area contributed by atoms with E-state index in [-0.39, 0.29) is 18.4 Å². The number of amides is 1. The number of likely N-dealkylation sites (tertiary alicyclic amines) is 1. The van der Waals surface area contributed by atoms with E-state index in [0.717, 1.165) is 11.1 Å². The van der Waals surface area contributed by atoms with Crippen molar-refractivity contribution in [1.29, 1.82) is 0 Å². The molecular weight excluding hydrogens is 474 g/mol. The predicted molar refractivity (Wildman–Crippen MR) is 136 cm³/mol. The highest BCUT2D eigenvalue weighted by atomic mass is 16.6. The molecule has 0 spiro atoms. The van der Waals surface area contributed by atoms with Gasteiger partial charge < -0.3 is 23.6 Å². The van der Waals surface area contributed by atoms with Crippen LogP contribution in [0.2, 0.25) is 0 Å². The van der Waals surface area contributed by atoms with Crippen LogP contribution < -0.4 is 4.74 Å².